The zero-order valence-corrected chi connectivity index (χ0v) is 33.7. The first-order valence-corrected chi connectivity index (χ1v) is 19.8. The van der Waals surface area contributed by atoms with E-state index < -0.39 is 12.1 Å². The van der Waals surface area contributed by atoms with Crippen LogP contribution in [0.2, 0.25) is 10.0 Å². The molecular formula is C45H42Cl2N6O6. The lowest BCUT2D eigenvalue weighted by atomic mass is 10.1. The molecular weight excluding hydrogens is 791 g/mol. The minimum absolute atomic E-state index is 0.0965. The number of nitrogens with one attached hydrogen (secondary N) is 3. The summed E-state index contributed by atoms with van der Waals surface area (Å²) in [6.45, 7) is 2.87. The number of carbonyl (C=O) groups is 4. The highest BCUT2D eigenvalue weighted by atomic mass is 35.5. The fourth-order valence-electron chi connectivity index (χ4n) is 6.83. The topological polar surface area (TPSA) is 140 Å². The molecule has 4 amide bonds. The normalized spacial score (nSPS) is 16.7. The molecule has 0 spiro atoms. The second-order valence-corrected chi connectivity index (χ2v) is 15.0. The molecule has 3 N–H and O–H groups in total. The molecule has 0 bridgehead atoms. The fourth-order valence-corrected chi connectivity index (χ4v) is 7.09. The van der Waals surface area contributed by atoms with Gasteiger partial charge in [0.15, 0.2) is 0 Å². The number of carbonyl (C=O) groups excluding carboxylic acids is 4. The van der Waals surface area contributed by atoms with Crippen LogP contribution in [0.5, 0.6) is 0 Å². The van der Waals surface area contributed by atoms with Crippen LogP contribution in [0.3, 0.4) is 0 Å². The monoisotopic (exact) mass is 832 g/mol. The molecule has 0 saturated carbocycles. The van der Waals surface area contributed by atoms with Crippen molar-refractivity contribution in [2.75, 3.05) is 56.9 Å². The number of amides is 4. The maximum atomic E-state index is 13.1. The lowest BCUT2D eigenvalue weighted by Gasteiger charge is -2.38. The van der Waals surface area contributed by atoms with E-state index in [0.717, 1.165) is 11.1 Å². The number of likely N-dealkylation sites (N-methyl/N-ethyl adjacent to an activating group) is 1. The third-order valence-corrected chi connectivity index (χ3v) is 10.6. The quantitative estimate of drug-likeness (QED) is 0.142. The maximum Gasteiger partial charge on any atom is 0.253 e. The standard InChI is InChI=1S/C23H22ClN3O3.C22H20ClN3O3/c1-26-11-12-27(15-20(26)22(28)25-19-9-7-18(24)8-10-19)23(29)17-5-2-4-16(14-17)21-6-3-13-30-21;23-17-6-8-18(9-7-17)25-21(27)19-14-26(11-10-24-19)22(28)16-4-1-3-15(13-16)20-5-2-12-29-20/h2-10,13-14,20H,11-12,15H2,1H3,(H,25,28);1-9,12-13,19,24H,10-11,14H2,(H,25,27). The van der Waals surface area contributed by atoms with Crippen LogP contribution in [0.1, 0.15) is 20.7 Å². The zero-order valence-electron chi connectivity index (χ0n) is 32.1. The van der Waals surface area contributed by atoms with Crippen LogP contribution < -0.4 is 16.0 Å². The summed E-state index contributed by atoms with van der Waals surface area (Å²) in [5.41, 5.74) is 4.16. The van der Waals surface area contributed by atoms with Gasteiger partial charge in [-0.1, -0.05) is 47.5 Å². The summed E-state index contributed by atoms with van der Waals surface area (Å²) in [5, 5.41) is 10.1. The first kappa shape index (κ1) is 41.0. The van der Waals surface area contributed by atoms with Crippen molar-refractivity contribution >= 4 is 58.2 Å². The molecule has 8 rings (SSSR count). The molecule has 0 radical (unpaired) electrons. The molecule has 59 heavy (non-hydrogen) atoms. The van der Waals surface area contributed by atoms with Gasteiger partial charge < -0.3 is 34.6 Å². The van der Waals surface area contributed by atoms with E-state index in [1.807, 2.05) is 72.6 Å². The molecule has 4 aromatic carbocycles. The second-order valence-electron chi connectivity index (χ2n) is 14.1. The van der Waals surface area contributed by atoms with Gasteiger partial charge in [0.25, 0.3) is 11.8 Å². The van der Waals surface area contributed by atoms with Crippen molar-refractivity contribution in [1.82, 2.24) is 20.0 Å². The van der Waals surface area contributed by atoms with Crippen molar-refractivity contribution in [2.24, 2.45) is 0 Å². The Kier molecular flexibility index (Phi) is 13.2. The largest absolute Gasteiger partial charge is 0.464 e. The van der Waals surface area contributed by atoms with Gasteiger partial charge in [0.05, 0.1) is 12.5 Å². The molecule has 2 atom stereocenters. The van der Waals surface area contributed by atoms with Gasteiger partial charge in [0.1, 0.15) is 23.6 Å². The van der Waals surface area contributed by atoms with Gasteiger partial charge in [0, 0.05) is 82.9 Å². The van der Waals surface area contributed by atoms with Crippen LogP contribution in [0.25, 0.3) is 22.6 Å². The fraction of sp³-hybridized carbons (Fsp3) is 0.200. The first-order chi connectivity index (χ1) is 28.6. The summed E-state index contributed by atoms with van der Waals surface area (Å²) in [7, 11) is 1.89. The minimum Gasteiger partial charge on any atom is -0.464 e. The van der Waals surface area contributed by atoms with E-state index in [1.54, 1.807) is 83.0 Å². The van der Waals surface area contributed by atoms with Crippen LogP contribution in [-0.4, -0.2) is 96.7 Å². The maximum absolute atomic E-state index is 13.1. The molecule has 12 nitrogen and oxygen atoms in total. The Hall–Kier alpha value is -6.18. The lowest BCUT2D eigenvalue weighted by Crippen LogP contribution is -2.57. The molecule has 2 aromatic heterocycles. The average molecular weight is 834 g/mol. The van der Waals surface area contributed by atoms with Crippen LogP contribution >= 0.6 is 23.2 Å². The van der Waals surface area contributed by atoms with E-state index >= 15 is 0 Å². The second kappa shape index (κ2) is 19.0. The number of halogens is 2. The van der Waals surface area contributed by atoms with Crippen molar-refractivity contribution in [3.63, 3.8) is 0 Å². The summed E-state index contributed by atoms with van der Waals surface area (Å²) in [6, 6.07) is 35.0. The number of hydrogen-bond donors (Lipinski definition) is 3. The van der Waals surface area contributed by atoms with Gasteiger partial charge in [-0.2, -0.15) is 0 Å². The van der Waals surface area contributed by atoms with Crippen molar-refractivity contribution in [2.45, 2.75) is 12.1 Å². The summed E-state index contributed by atoms with van der Waals surface area (Å²) < 4.78 is 10.8. The number of nitrogens with zero attached hydrogens (tertiary/aromatic N) is 3. The number of piperazine rings is 2. The predicted octanol–water partition coefficient (Wildman–Crippen LogP) is 7.65. The van der Waals surface area contributed by atoms with Gasteiger partial charge in [0.2, 0.25) is 11.8 Å². The number of benzene rings is 4. The zero-order chi connectivity index (χ0) is 41.3. The molecule has 302 valence electrons. The van der Waals surface area contributed by atoms with E-state index in [2.05, 4.69) is 16.0 Å². The van der Waals surface area contributed by atoms with Crippen molar-refractivity contribution in [1.29, 1.82) is 0 Å². The molecule has 0 aliphatic carbocycles. The van der Waals surface area contributed by atoms with Gasteiger partial charge in [-0.05, 0) is 104 Å². The predicted molar refractivity (Wildman–Crippen MR) is 228 cm³/mol. The number of furan rings is 2. The average Bonchev–Trinajstić information content (AvgIpc) is 4.02. The first-order valence-electron chi connectivity index (χ1n) is 19.0. The Morgan fingerprint density at radius 2 is 1.12 bits per heavy atom. The molecule has 14 heteroatoms. The highest BCUT2D eigenvalue weighted by Crippen LogP contribution is 2.24. The van der Waals surface area contributed by atoms with Crippen molar-refractivity contribution < 1.29 is 28.0 Å². The summed E-state index contributed by atoms with van der Waals surface area (Å²) in [6.07, 6.45) is 3.21. The third-order valence-electron chi connectivity index (χ3n) is 10.1. The highest BCUT2D eigenvalue weighted by molar-refractivity contribution is 6.31. The smallest absolute Gasteiger partial charge is 0.253 e. The summed E-state index contributed by atoms with van der Waals surface area (Å²) in [5.74, 6) is 0.879. The van der Waals surface area contributed by atoms with E-state index in [4.69, 9.17) is 32.0 Å². The molecule has 2 fully saturated rings. The summed E-state index contributed by atoms with van der Waals surface area (Å²) in [4.78, 5) is 57.0. The van der Waals surface area contributed by atoms with Crippen LogP contribution in [0, 0.1) is 0 Å². The Morgan fingerprint density at radius 3 is 1.63 bits per heavy atom. The SMILES string of the molecule is CN1CCN(C(=O)c2cccc(-c3ccco3)c2)CC1C(=O)Nc1ccc(Cl)cc1.O=C(Nc1ccc(Cl)cc1)C1CN(C(=O)c2cccc(-c3ccco3)c2)CCN1. The van der Waals surface area contributed by atoms with Crippen molar-refractivity contribution in [3.05, 3.63) is 155 Å². The van der Waals surface area contributed by atoms with Crippen LogP contribution in [-0.2, 0) is 9.59 Å². The van der Waals surface area contributed by atoms with Crippen LogP contribution in [0.15, 0.2) is 143 Å². The Labute approximate surface area is 351 Å². The number of anilines is 2. The molecule has 4 heterocycles. The van der Waals surface area contributed by atoms with E-state index in [-0.39, 0.29) is 23.6 Å². The van der Waals surface area contributed by atoms with E-state index in [9.17, 15) is 19.2 Å². The Balaban J connectivity index is 0.000000179. The lowest BCUT2D eigenvalue weighted by molar-refractivity contribution is -0.122. The van der Waals surface area contributed by atoms with Gasteiger partial charge in [-0.3, -0.25) is 24.1 Å². The molecule has 2 aliphatic rings. The van der Waals surface area contributed by atoms with E-state index in [0.29, 0.717) is 83.3 Å². The Bertz CT molecular complexity index is 2370. The molecule has 6 aromatic rings. The van der Waals surface area contributed by atoms with Gasteiger partial charge in [-0.15, -0.1) is 0 Å². The Morgan fingerprint density at radius 1 is 0.610 bits per heavy atom. The highest BCUT2D eigenvalue weighted by Gasteiger charge is 2.33. The summed E-state index contributed by atoms with van der Waals surface area (Å²) >= 11 is 11.8. The van der Waals surface area contributed by atoms with Crippen LogP contribution in [0.4, 0.5) is 11.4 Å². The van der Waals surface area contributed by atoms with Crippen molar-refractivity contribution in [3.8, 4) is 22.6 Å². The van der Waals surface area contributed by atoms with E-state index in [1.165, 1.54) is 0 Å². The number of hydrogen-bond acceptors (Lipinski definition) is 8. The third kappa shape index (κ3) is 10.5. The van der Waals surface area contributed by atoms with Gasteiger partial charge >= 0.3 is 0 Å². The molecule has 2 saturated heterocycles. The molecule has 2 aliphatic heterocycles. The van der Waals surface area contributed by atoms with Gasteiger partial charge in [-0.25, -0.2) is 0 Å². The number of rotatable bonds is 8. The minimum atomic E-state index is -0.489. The molecule has 2 unspecified atom stereocenters.